The van der Waals surface area contributed by atoms with Gasteiger partial charge in [-0.1, -0.05) is 6.07 Å². The third kappa shape index (κ3) is 3.63. The molecule has 2 heterocycles. The highest BCUT2D eigenvalue weighted by Crippen LogP contribution is 2.17. The molecule has 0 saturated carbocycles. The fraction of sp³-hybridized carbons (Fsp3) is 0.200. The maximum Gasteiger partial charge on any atom is 0.369 e. The van der Waals surface area contributed by atoms with Crippen LogP contribution in [-0.2, 0) is 11.3 Å². The van der Waals surface area contributed by atoms with Crippen LogP contribution >= 0.6 is 11.3 Å². The lowest BCUT2D eigenvalue weighted by Gasteiger charge is -2.14. The van der Waals surface area contributed by atoms with Crippen LogP contribution in [0, 0.1) is 11.6 Å². The summed E-state index contributed by atoms with van der Waals surface area (Å²) in [7, 11) is 0. The minimum absolute atomic E-state index is 0.143. The van der Waals surface area contributed by atoms with Gasteiger partial charge in [-0.3, -0.25) is 4.79 Å². The molecular weight excluding hydrogens is 352 g/mol. The van der Waals surface area contributed by atoms with Crippen molar-refractivity contribution in [3.05, 3.63) is 63.4 Å². The molecule has 7 nitrogen and oxygen atoms in total. The molecule has 0 aliphatic carbocycles. The second kappa shape index (κ2) is 6.93. The van der Waals surface area contributed by atoms with Gasteiger partial charge in [0.15, 0.2) is 0 Å². The van der Waals surface area contributed by atoms with Crippen molar-refractivity contribution in [3.63, 3.8) is 0 Å². The zero-order chi connectivity index (χ0) is 18.0. The Morgan fingerprint density at radius 1 is 1.32 bits per heavy atom. The van der Waals surface area contributed by atoms with Crippen molar-refractivity contribution in [2.75, 3.05) is 0 Å². The molecule has 1 atom stereocenters. The molecule has 1 aromatic carbocycles. The van der Waals surface area contributed by atoms with Crippen LogP contribution in [0.1, 0.15) is 18.5 Å². The van der Waals surface area contributed by atoms with E-state index in [2.05, 4.69) is 15.7 Å². The van der Waals surface area contributed by atoms with Gasteiger partial charge in [-0.05, 0) is 40.9 Å². The third-order valence-electron chi connectivity index (χ3n) is 3.45. The number of tetrazole rings is 1. The number of thiophene rings is 1. The van der Waals surface area contributed by atoms with Crippen molar-refractivity contribution in [2.45, 2.75) is 19.5 Å². The standard InChI is InChI=1S/C15H13F2N5O2S/c1-9(11-5-4-10(16)7-12(11)17)18-13(23)8-21-15(24)22(20-19-21)14-3-2-6-25-14/h2-7,9H,8H2,1H3,(H,18,23)/t9-/m1/s1. The number of hydrogen-bond acceptors (Lipinski definition) is 5. The molecule has 0 aliphatic rings. The maximum absolute atomic E-state index is 13.7. The normalized spacial score (nSPS) is 12.1. The Kier molecular flexibility index (Phi) is 4.70. The van der Waals surface area contributed by atoms with Gasteiger partial charge in [0, 0.05) is 11.6 Å². The van der Waals surface area contributed by atoms with Crippen LogP contribution in [0.4, 0.5) is 8.78 Å². The summed E-state index contributed by atoms with van der Waals surface area (Å²) in [5, 5.41) is 12.3. The van der Waals surface area contributed by atoms with E-state index in [1.54, 1.807) is 24.4 Å². The van der Waals surface area contributed by atoms with Crippen LogP contribution < -0.4 is 11.0 Å². The highest BCUT2D eigenvalue weighted by atomic mass is 32.1. The Bertz CT molecular complexity index is 951. The first-order valence-electron chi connectivity index (χ1n) is 7.26. The van der Waals surface area contributed by atoms with E-state index in [9.17, 15) is 18.4 Å². The fourth-order valence-electron chi connectivity index (χ4n) is 2.26. The molecule has 0 spiro atoms. The first kappa shape index (κ1) is 17.0. The second-order valence-corrected chi connectivity index (χ2v) is 6.16. The fourth-order valence-corrected chi connectivity index (χ4v) is 2.92. The van der Waals surface area contributed by atoms with Crippen molar-refractivity contribution in [3.8, 4) is 5.00 Å². The molecule has 2 aromatic heterocycles. The van der Waals surface area contributed by atoms with Gasteiger partial charge in [-0.15, -0.1) is 11.3 Å². The molecule has 25 heavy (non-hydrogen) atoms. The van der Waals surface area contributed by atoms with E-state index in [1.165, 1.54) is 17.4 Å². The van der Waals surface area contributed by atoms with Crippen LogP contribution in [0.3, 0.4) is 0 Å². The van der Waals surface area contributed by atoms with E-state index < -0.39 is 29.3 Å². The number of carbonyl (C=O) groups excluding carboxylic acids is 1. The number of amides is 1. The third-order valence-corrected chi connectivity index (χ3v) is 4.30. The number of halogens is 2. The molecule has 0 fully saturated rings. The molecule has 3 aromatic rings. The number of rotatable bonds is 5. The average Bonchev–Trinajstić information content (AvgIpc) is 3.18. The van der Waals surface area contributed by atoms with Crippen molar-refractivity contribution in [1.29, 1.82) is 0 Å². The van der Waals surface area contributed by atoms with Gasteiger partial charge in [0.1, 0.15) is 23.2 Å². The molecule has 130 valence electrons. The van der Waals surface area contributed by atoms with Gasteiger partial charge < -0.3 is 5.32 Å². The summed E-state index contributed by atoms with van der Waals surface area (Å²) in [5.74, 6) is -2.00. The molecule has 3 rings (SSSR count). The topological polar surface area (TPSA) is 81.8 Å². The number of aromatic nitrogens is 4. The van der Waals surface area contributed by atoms with E-state index in [-0.39, 0.29) is 12.1 Å². The SMILES string of the molecule is C[C@@H](NC(=O)Cn1nnn(-c2cccs2)c1=O)c1ccc(F)cc1F. The van der Waals surface area contributed by atoms with Crippen LogP contribution in [0.2, 0.25) is 0 Å². The molecule has 1 amide bonds. The van der Waals surface area contributed by atoms with E-state index in [1.807, 2.05) is 0 Å². The van der Waals surface area contributed by atoms with Crippen molar-refractivity contribution in [2.24, 2.45) is 0 Å². The number of nitrogens with zero attached hydrogens (tertiary/aromatic N) is 4. The quantitative estimate of drug-likeness (QED) is 0.745. The van der Waals surface area contributed by atoms with Crippen molar-refractivity contribution >= 4 is 17.2 Å². The van der Waals surface area contributed by atoms with E-state index in [0.717, 1.165) is 21.5 Å². The van der Waals surface area contributed by atoms with Gasteiger partial charge in [0.05, 0.1) is 6.04 Å². The smallest absolute Gasteiger partial charge is 0.348 e. The molecule has 0 bridgehead atoms. The maximum atomic E-state index is 13.7. The van der Waals surface area contributed by atoms with E-state index >= 15 is 0 Å². The molecule has 0 radical (unpaired) electrons. The Balaban J connectivity index is 1.70. The first-order chi connectivity index (χ1) is 12.0. The average molecular weight is 365 g/mol. The summed E-state index contributed by atoms with van der Waals surface area (Å²) >= 11 is 1.31. The summed E-state index contributed by atoms with van der Waals surface area (Å²) in [4.78, 5) is 24.3. The summed E-state index contributed by atoms with van der Waals surface area (Å²) in [6, 6.07) is 5.88. The summed E-state index contributed by atoms with van der Waals surface area (Å²) in [5.41, 5.74) is -0.414. The molecule has 1 N–H and O–H groups in total. The van der Waals surface area contributed by atoms with Gasteiger partial charge in [-0.2, -0.15) is 9.36 Å². The van der Waals surface area contributed by atoms with E-state index in [0.29, 0.717) is 5.00 Å². The van der Waals surface area contributed by atoms with Gasteiger partial charge in [-0.25, -0.2) is 13.6 Å². The zero-order valence-corrected chi connectivity index (χ0v) is 13.8. The number of nitrogens with one attached hydrogen (secondary N) is 1. The van der Waals surface area contributed by atoms with Crippen LogP contribution in [0.25, 0.3) is 5.00 Å². The van der Waals surface area contributed by atoms with Crippen LogP contribution in [-0.4, -0.2) is 25.7 Å². The molecule has 0 saturated heterocycles. The predicted molar refractivity (Wildman–Crippen MR) is 86.4 cm³/mol. The first-order valence-corrected chi connectivity index (χ1v) is 8.14. The summed E-state index contributed by atoms with van der Waals surface area (Å²) < 4.78 is 28.7. The largest absolute Gasteiger partial charge is 0.369 e. The van der Waals surface area contributed by atoms with Gasteiger partial charge >= 0.3 is 5.69 Å². The van der Waals surface area contributed by atoms with Gasteiger partial charge in [0.25, 0.3) is 0 Å². The summed E-state index contributed by atoms with van der Waals surface area (Å²) in [6.45, 7) is 1.19. The predicted octanol–water partition coefficient (Wildman–Crippen LogP) is 1.65. The monoisotopic (exact) mass is 365 g/mol. The number of hydrogen-bond donors (Lipinski definition) is 1. The Labute approximate surface area is 144 Å². The lowest BCUT2D eigenvalue weighted by atomic mass is 10.1. The molecule has 10 heteroatoms. The number of benzene rings is 1. The Hall–Kier alpha value is -2.88. The van der Waals surface area contributed by atoms with Crippen molar-refractivity contribution in [1.82, 2.24) is 25.1 Å². The lowest BCUT2D eigenvalue weighted by Crippen LogP contribution is -2.35. The molecular formula is C15H13F2N5O2S. The number of carbonyl (C=O) groups is 1. The lowest BCUT2D eigenvalue weighted by molar-refractivity contribution is -0.122. The Morgan fingerprint density at radius 2 is 2.12 bits per heavy atom. The Morgan fingerprint density at radius 3 is 2.80 bits per heavy atom. The molecule has 0 unspecified atom stereocenters. The summed E-state index contributed by atoms with van der Waals surface area (Å²) in [6.07, 6.45) is 0. The van der Waals surface area contributed by atoms with Gasteiger partial charge in [0.2, 0.25) is 5.91 Å². The minimum Gasteiger partial charge on any atom is -0.348 e. The second-order valence-electron chi connectivity index (χ2n) is 5.24. The molecule has 0 aliphatic heterocycles. The van der Waals surface area contributed by atoms with Crippen molar-refractivity contribution < 1.29 is 13.6 Å². The highest BCUT2D eigenvalue weighted by molar-refractivity contribution is 7.12. The van der Waals surface area contributed by atoms with E-state index in [4.69, 9.17) is 0 Å². The zero-order valence-electron chi connectivity index (χ0n) is 13.0. The highest BCUT2D eigenvalue weighted by Gasteiger charge is 2.17. The van der Waals surface area contributed by atoms with Crippen LogP contribution in [0.5, 0.6) is 0 Å². The van der Waals surface area contributed by atoms with Crippen LogP contribution in [0.15, 0.2) is 40.5 Å². The minimum atomic E-state index is -0.756.